The van der Waals surface area contributed by atoms with E-state index < -0.39 is 11.7 Å². The number of halogens is 3. The van der Waals surface area contributed by atoms with E-state index in [1.807, 2.05) is 0 Å². The molecule has 3 rings (SSSR count). The average molecular weight is 298 g/mol. The summed E-state index contributed by atoms with van der Waals surface area (Å²) < 4.78 is 51.0. The van der Waals surface area contributed by atoms with Crippen molar-refractivity contribution in [3.8, 4) is 22.8 Å². The standard InChI is InChI=1S/C14H13F3N2O2/c1-13(2,14(15,16)17)19-10(5-6-18-19)9-3-4-11-12(7-9)21-8-20-11/h3-7H,8H2,1-2H3. The Morgan fingerprint density at radius 2 is 1.81 bits per heavy atom. The molecule has 1 aliphatic heterocycles. The second kappa shape index (κ2) is 4.41. The van der Waals surface area contributed by atoms with E-state index in [-0.39, 0.29) is 6.79 Å². The number of ether oxygens (including phenoxy) is 2. The lowest BCUT2D eigenvalue weighted by molar-refractivity contribution is -0.205. The van der Waals surface area contributed by atoms with Gasteiger partial charge in [0.1, 0.15) is 0 Å². The smallest absolute Gasteiger partial charge is 0.413 e. The van der Waals surface area contributed by atoms with Crippen LogP contribution in [-0.2, 0) is 5.54 Å². The minimum absolute atomic E-state index is 0.117. The van der Waals surface area contributed by atoms with Gasteiger partial charge in [-0.05, 0) is 38.1 Å². The molecule has 7 heteroatoms. The van der Waals surface area contributed by atoms with Crippen LogP contribution in [0.1, 0.15) is 13.8 Å². The topological polar surface area (TPSA) is 36.3 Å². The summed E-state index contributed by atoms with van der Waals surface area (Å²) >= 11 is 0. The molecule has 2 heterocycles. The quantitative estimate of drug-likeness (QED) is 0.850. The highest BCUT2D eigenvalue weighted by atomic mass is 19.4. The molecule has 0 saturated heterocycles. The van der Waals surface area contributed by atoms with Gasteiger partial charge in [0.05, 0.1) is 5.69 Å². The fourth-order valence-corrected chi connectivity index (χ4v) is 2.14. The van der Waals surface area contributed by atoms with E-state index in [0.29, 0.717) is 22.8 Å². The summed E-state index contributed by atoms with van der Waals surface area (Å²) in [6.07, 6.45) is -3.06. The number of nitrogens with zero attached hydrogens (tertiary/aromatic N) is 2. The van der Waals surface area contributed by atoms with E-state index >= 15 is 0 Å². The van der Waals surface area contributed by atoms with Crippen LogP contribution in [0.4, 0.5) is 13.2 Å². The maximum atomic E-state index is 13.2. The van der Waals surface area contributed by atoms with Crippen molar-refractivity contribution in [2.75, 3.05) is 6.79 Å². The molecule has 0 aliphatic carbocycles. The van der Waals surface area contributed by atoms with Crippen molar-refractivity contribution in [3.05, 3.63) is 30.5 Å². The molecule has 0 amide bonds. The lowest BCUT2D eigenvalue weighted by atomic mass is 10.0. The van der Waals surface area contributed by atoms with Crippen LogP contribution in [0.2, 0.25) is 0 Å². The Morgan fingerprint density at radius 1 is 1.10 bits per heavy atom. The first kappa shape index (κ1) is 13.8. The average Bonchev–Trinajstić information content (AvgIpc) is 3.05. The second-order valence-electron chi connectivity index (χ2n) is 5.25. The summed E-state index contributed by atoms with van der Waals surface area (Å²) in [6, 6.07) is 6.57. The monoisotopic (exact) mass is 298 g/mol. The number of hydrogen-bond acceptors (Lipinski definition) is 3. The molecule has 1 aliphatic rings. The zero-order chi connectivity index (χ0) is 15.3. The zero-order valence-electron chi connectivity index (χ0n) is 11.4. The third-order valence-electron chi connectivity index (χ3n) is 3.53. The molecule has 0 bridgehead atoms. The summed E-state index contributed by atoms with van der Waals surface area (Å²) in [7, 11) is 0. The number of aromatic nitrogens is 2. The van der Waals surface area contributed by atoms with Crippen LogP contribution in [0.25, 0.3) is 11.3 Å². The largest absolute Gasteiger partial charge is 0.454 e. The van der Waals surface area contributed by atoms with Crippen LogP contribution >= 0.6 is 0 Å². The fourth-order valence-electron chi connectivity index (χ4n) is 2.14. The van der Waals surface area contributed by atoms with Gasteiger partial charge >= 0.3 is 6.18 Å². The van der Waals surface area contributed by atoms with Crippen LogP contribution in [0.3, 0.4) is 0 Å². The van der Waals surface area contributed by atoms with Crippen molar-refractivity contribution < 1.29 is 22.6 Å². The summed E-state index contributed by atoms with van der Waals surface area (Å²) in [5.41, 5.74) is -1.15. The van der Waals surface area contributed by atoms with Crippen LogP contribution in [-0.4, -0.2) is 22.7 Å². The molecule has 21 heavy (non-hydrogen) atoms. The summed E-state index contributed by atoms with van der Waals surface area (Å²) in [5.74, 6) is 1.10. The van der Waals surface area contributed by atoms with Gasteiger partial charge in [-0.2, -0.15) is 18.3 Å². The van der Waals surface area contributed by atoms with Gasteiger partial charge in [0.2, 0.25) is 6.79 Å². The third kappa shape index (κ3) is 2.12. The van der Waals surface area contributed by atoms with Gasteiger partial charge in [-0.3, -0.25) is 4.68 Å². The Hall–Kier alpha value is -2.18. The van der Waals surface area contributed by atoms with Crippen molar-refractivity contribution in [1.82, 2.24) is 9.78 Å². The zero-order valence-corrected chi connectivity index (χ0v) is 11.4. The summed E-state index contributed by atoms with van der Waals surface area (Å²) in [6.45, 7) is 2.30. The van der Waals surface area contributed by atoms with Crippen molar-refractivity contribution in [2.45, 2.75) is 25.6 Å². The summed E-state index contributed by atoms with van der Waals surface area (Å²) in [4.78, 5) is 0. The molecule has 4 nitrogen and oxygen atoms in total. The number of benzene rings is 1. The molecule has 0 unspecified atom stereocenters. The Kier molecular flexibility index (Phi) is 2.89. The third-order valence-corrected chi connectivity index (χ3v) is 3.53. The first-order valence-corrected chi connectivity index (χ1v) is 6.32. The molecule has 0 fully saturated rings. The van der Waals surface area contributed by atoms with E-state index in [4.69, 9.17) is 9.47 Å². The van der Waals surface area contributed by atoms with Crippen molar-refractivity contribution in [2.24, 2.45) is 0 Å². The molecule has 2 aromatic rings. The Labute approximate surface area is 119 Å². The molecule has 1 aromatic carbocycles. The van der Waals surface area contributed by atoms with Gasteiger partial charge in [0.15, 0.2) is 17.0 Å². The summed E-state index contributed by atoms with van der Waals surface area (Å²) in [5, 5.41) is 3.85. The molecule has 0 radical (unpaired) electrons. The predicted octanol–water partition coefficient (Wildman–Crippen LogP) is 3.58. The first-order chi connectivity index (χ1) is 9.80. The van der Waals surface area contributed by atoms with Gasteiger partial charge in [0.25, 0.3) is 0 Å². The molecule has 112 valence electrons. The highest BCUT2D eigenvalue weighted by molar-refractivity contribution is 5.64. The van der Waals surface area contributed by atoms with E-state index in [0.717, 1.165) is 18.5 Å². The highest BCUT2D eigenvalue weighted by Crippen LogP contribution is 2.40. The van der Waals surface area contributed by atoms with Crippen molar-refractivity contribution >= 4 is 0 Å². The molecular weight excluding hydrogens is 285 g/mol. The fraction of sp³-hybridized carbons (Fsp3) is 0.357. The maximum Gasteiger partial charge on any atom is 0.413 e. The molecule has 1 aromatic heterocycles. The first-order valence-electron chi connectivity index (χ1n) is 6.32. The Bertz CT molecular complexity index is 677. The predicted molar refractivity (Wildman–Crippen MR) is 69.2 cm³/mol. The van der Waals surface area contributed by atoms with Gasteiger partial charge in [-0.15, -0.1) is 0 Å². The molecule has 0 spiro atoms. The van der Waals surface area contributed by atoms with Crippen LogP contribution in [0.15, 0.2) is 30.5 Å². The van der Waals surface area contributed by atoms with E-state index in [1.54, 1.807) is 24.3 Å². The van der Waals surface area contributed by atoms with Crippen LogP contribution in [0.5, 0.6) is 11.5 Å². The molecule has 0 N–H and O–H groups in total. The van der Waals surface area contributed by atoms with Gasteiger partial charge < -0.3 is 9.47 Å². The molecule has 0 saturated carbocycles. The highest BCUT2D eigenvalue weighted by Gasteiger charge is 2.50. The Morgan fingerprint density at radius 3 is 2.52 bits per heavy atom. The number of hydrogen-bond donors (Lipinski definition) is 0. The SMILES string of the molecule is CC(C)(n1nccc1-c1ccc2c(c1)OCO2)C(F)(F)F. The number of alkyl halides is 3. The van der Waals surface area contributed by atoms with Crippen LogP contribution < -0.4 is 9.47 Å². The minimum Gasteiger partial charge on any atom is -0.454 e. The van der Waals surface area contributed by atoms with Gasteiger partial charge in [-0.25, -0.2) is 0 Å². The maximum absolute atomic E-state index is 13.2. The van der Waals surface area contributed by atoms with E-state index in [2.05, 4.69) is 5.10 Å². The minimum atomic E-state index is -4.41. The Balaban J connectivity index is 2.08. The van der Waals surface area contributed by atoms with E-state index in [1.165, 1.54) is 6.20 Å². The van der Waals surface area contributed by atoms with Gasteiger partial charge in [0, 0.05) is 11.8 Å². The second-order valence-corrected chi connectivity index (χ2v) is 5.25. The molecular formula is C14H13F3N2O2. The lowest BCUT2D eigenvalue weighted by Crippen LogP contribution is -2.43. The van der Waals surface area contributed by atoms with Crippen molar-refractivity contribution in [3.63, 3.8) is 0 Å². The lowest BCUT2D eigenvalue weighted by Gasteiger charge is -2.30. The number of rotatable bonds is 2. The van der Waals surface area contributed by atoms with Gasteiger partial charge in [-0.1, -0.05) is 0 Å². The normalized spacial score (nSPS) is 14.5. The number of fused-ring (bicyclic) bond motifs is 1. The molecule has 0 atom stereocenters. The van der Waals surface area contributed by atoms with E-state index in [9.17, 15) is 13.2 Å². The van der Waals surface area contributed by atoms with Crippen molar-refractivity contribution in [1.29, 1.82) is 0 Å². The van der Waals surface area contributed by atoms with Crippen LogP contribution in [0, 0.1) is 0 Å².